The molecule has 0 aromatic rings. The molecule has 1 saturated carbocycles. The number of likely N-dealkylation sites (tertiary alicyclic amines) is 1. The molecule has 0 radical (unpaired) electrons. The monoisotopic (exact) mass is 378 g/mol. The van der Waals surface area contributed by atoms with E-state index in [2.05, 4.69) is 10.2 Å². The van der Waals surface area contributed by atoms with Crippen LogP contribution in [0.25, 0.3) is 0 Å². The Morgan fingerprint density at radius 3 is 2.11 bits per heavy atom. The van der Waals surface area contributed by atoms with Crippen molar-refractivity contribution in [2.45, 2.75) is 64.2 Å². The van der Waals surface area contributed by atoms with E-state index in [4.69, 9.17) is 0 Å². The second-order valence-corrected chi connectivity index (χ2v) is 8.58. The molecule has 27 heavy (non-hydrogen) atoms. The van der Waals surface area contributed by atoms with Gasteiger partial charge in [0.05, 0.1) is 6.54 Å². The molecule has 1 N–H and O–H groups in total. The lowest BCUT2D eigenvalue weighted by molar-refractivity contribution is -0.132. The van der Waals surface area contributed by atoms with Gasteiger partial charge in [-0.3, -0.25) is 9.69 Å². The summed E-state index contributed by atoms with van der Waals surface area (Å²) in [5.74, 6) is 1.16. The molecular formula is C21H38N4O2. The number of urea groups is 1. The maximum atomic E-state index is 12.5. The first-order valence-corrected chi connectivity index (χ1v) is 11.3. The van der Waals surface area contributed by atoms with Crippen LogP contribution >= 0.6 is 0 Å². The van der Waals surface area contributed by atoms with E-state index in [1.807, 2.05) is 9.80 Å². The number of hydrogen-bond acceptors (Lipinski definition) is 3. The molecule has 3 aliphatic rings. The first-order chi connectivity index (χ1) is 13.2. The van der Waals surface area contributed by atoms with E-state index in [-0.39, 0.29) is 11.9 Å². The van der Waals surface area contributed by atoms with Gasteiger partial charge in [0.25, 0.3) is 0 Å². The van der Waals surface area contributed by atoms with E-state index in [0.717, 1.165) is 71.0 Å². The van der Waals surface area contributed by atoms with E-state index in [1.54, 1.807) is 0 Å². The first kappa shape index (κ1) is 20.4. The summed E-state index contributed by atoms with van der Waals surface area (Å²) in [5.41, 5.74) is 0. The van der Waals surface area contributed by atoms with Crippen LogP contribution in [0.5, 0.6) is 0 Å². The highest BCUT2D eigenvalue weighted by Gasteiger charge is 2.24. The zero-order chi connectivity index (χ0) is 18.9. The van der Waals surface area contributed by atoms with Crippen molar-refractivity contribution in [2.75, 3.05) is 52.4 Å². The van der Waals surface area contributed by atoms with Crippen LogP contribution in [-0.4, -0.2) is 79.0 Å². The number of amides is 3. The average molecular weight is 379 g/mol. The Morgan fingerprint density at radius 1 is 0.778 bits per heavy atom. The van der Waals surface area contributed by atoms with Gasteiger partial charge in [-0.25, -0.2) is 4.79 Å². The van der Waals surface area contributed by atoms with Crippen molar-refractivity contribution < 1.29 is 9.59 Å². The molecule has 6 nitrogen and oxygen atoms in total. The smallest absolute Gasteiger partial charge is 0.317 e. The lowest BCUT2D eigenvalue weighted by atomic mass is 10.0. The molecule has 2 aliphatic heterocycles. The Kier molecular flexibility index (Phi) is 8.24. The number of hydrogen-bond donors (Lipinski definition) is 1. The molecule has 1 aliphatic carbocycles. The normalized spacial score (nSPS) is 22.7. The summed E-state index contributed by atoms with van der Waals surface area (Å²) in [7, 11) is 0. The summed E-state index contributed by atoms with van der Waals surface area (Å²) in [5, 5.41) is 3.08. The van der Waals surface area contributed by atoms with Gasteiger partial charge < -0.3 is 15.1 Å². The molecule has 2 saturated heterocycles. The summed E-state index contributed by atoms with van der Waals surface area (Å²) >= 11 is 0. The lowest BCUT2D eigenvalue weighted by Gasteiger charge is -2.35. The van der Waals surface area contributed by atoms with Gasteiger partial charge in [-0.05, 0) is 31.6 Å². The minimum Gasteiger partial charge on any atom is -0.342 e. The SMILES string of the molecule is O=C(CN1CCN(C(=O)NCCCC2CCCC2)CC1)N1CCCCCC1. The summed E-state index contributed by atoms with van der Waals surface area (Å²) in [4.78, 5) is 31.0. The molecule has 0 unspecified atom stereocenters. The second-order valence-electron chi connectivity index (χ2n) is 8.58. The van der Waals surface area contributed by atoms with Gasteiger partial charge in [-0.1, -0.05) is 38.5 Å². The topological polar surface area (TPSA) is 55.9 Å². The van der Waals surface area contributed by atoms with Crippen LogP contribution in [0.1, 0.15) is 64.2 Å². The highest BCUT2D eigenvalue weighted by Crippen LogP contribution is 2.28. The van der Waals surface area contributed by atoms with Crippen LogP contribution in [-0.2, 0) is 4.79 Å². The van der Waals surface area contributed by atoms with Gasteiger partial charge in [0, 0.05) is 45.8 Å². The van der Waals surface area contributed by atoms with Crippen LogP contribution in [0.15, 0.2) is 0 Å². The third-order valence-electron chi connectivity index (χ3n) is 6.52. The van der Waals surface area contributed by atoms with Crippen LogP contribution < -0.4 is 5.32 Å². The maximum Gasteiger partial charge on any atom is 0.317 e. The highest BCUT2D eigenvalue weighted by molar-refractivity contribution is 5.78. The number of carbonyl (C=O) groups excluding carboxylic acids is 2. The van der Waals surface area contributed by atoms with Crippen molar-refractivity contribution in [3.63, 3.8) is 0 Å². The zero-order valence-corrected chi connectivity index (χ0v) is 17.0. The van der Waals surface area contributed by atoms with E-state index >= 15 is 0 Å². The summed E-state index contributed by atoms with van der Waals surface area (Å²) in [6.45, 7) is 6.19. The number of rotatable bonds is 6. The van der Waals surface area contributed by atoms with Crippen LogP contribution in [0.4, 0.5) is 4.79 Å². The molecule has 3 fully saturated rings. The molecule has 0 spiro atoms. The third-order valence-corrected chi connectivity index (χ3v) is 6.52. The maximum absolute atomic E-state index is 12.5. The third kappa shape index (κ3) is 6.66. The van der Waals surface area contributed by atoms with Crippen molar-refractivity contribution in [3.8, 4) is 0 Å². The summed E-state index contributed by atoms with van der Waals surface area (Å²) in [6, 6.07) is 0.0694. The standard InChI is InChI=1S/C21H38N4O2/c26-20(24-12-5-1-2-6-13-24)18-23-14-16-25(17-15-23)21(27)22-11-7-10-19-8-3-4-9-19/h19H,1-18H2,(H,22,27). The Balaban J connectivity index is 1.28. The first-order valence-electron chi connectivity index (χ1n) is 11.3. The highest BCUT2D eigenvalue weighted by atomic mass is 16.2. The Labute approximate surface area is 164 Å². The van der Waals surface area contributed by atoms with Crippen LogP contribution in [0.3, 0.4) is 0 Å². The number of nitrogens with one attached hydrogen (secondary N) is 1. The fourth-order valence-electron chi connectivity index (χ4n) is 4.72. The zero-order valence-electron chi connectivity index (χ0n) is 17.0. The molecule has 6 heteroatoms. The summed E-state index contributed by atoms with van der Waals surface area (Å²) < 4.78 is 0. The van der Waals surface area contributed by atoms with Crippen molar-refractivity contribution in [1.82, 2.24) is 20.0 Å². The average Bonchev–Trinajstić information content (AvgIpc) is 3.05. The van der Waals surface area contributed by atoms with Gasteiger partial charge >= 0.3 is 6.03 Å². The molecular weight excluding hydrogens is 340 g/mol. The largest absolute Gasteiger partial charge is 0.342 e. The van der Waals surface area contributed by atoms with Crippen molar-refractivity contribution in [1.29, 1.82) is 0 Å². The quantitative estimate of drug-likeness (QED) is 0.723. The fraction of sp³-hybridized carbons (Fsp3) is 0.905. The van der Waals surface area contributed by atoms with Crippen LogP contribution in [0.2, 0.25) is 0 Å². The number of piperazine rings is 1. The molecule has 2 heterocycles. The van der Waals surface area contributed by atoms with Gasteiger partial charge in [0.1, 0.15) is 0 Å². The predicted octanol–water partition coefficient (Wildman–Crippen LogP) is 2.69. The molecule has 0 bridgehead atoms. The van der Waals surface area contributed by atoms with E-state index in [0.29, 0.717) is 6.54 Å². The van der Waals surface area contributed by atoms with Gasteiger partial charge in [-0.15, -0.1) is 0 Å². The van der Waals surface area contributed by atoms with Gasteiger partial charge in [-0.2, -0.15) is 0 Å². The Hall–Kier alpha value is -1.30. The Morgan fingerprint density at radius 2 is 1.44 bits per heavy atom. The molecule has 0 aromatic heterocycles. The minimum absolute atomic E-state index is 0.0694. The van der Waals surface area contributed by atoms with Gasteiger partial charge in [0.15, 0.2) is 0 Å². The van der Waals surface area contributed by atoms with E-state index < -0.39 is 0 Å². The van der Waals surface area contributed by atoms with E-state index in [1.165, 1.54) is 44.9 Å². The number of carbonyl (C=O) groups is 2. The molecule has 3 amide bonds. The van der Waals surface area contributed by atoms with Gasteiger partial charge in [0.2, 0.25) is 5.91 Å². The molecule has 0 atom stereocenters. The fourth-order valence-corrected chi connectivity index (χ4v) is 4.72. The summed E-state index contributed by atoms with van der Waals surface area (Å²) in [6.07, 6.45) is 12.7. The molecule has 3 rings (SSSR count). The lowest BCUT2D eigenvalue weighted by Crippen LogP contribution is -2.53. The van der Waals surface area contributed by atoms with Crippen molar-refractivity contribution >= 4 is 11.9 Å². The molecule has 154 valence electrons. The predicted molar refractivity (Wildman–Crippen MR) is 108 cm³/mol. The molecule has 0 aromatic carbocycles. The van der Waals surface area contributed by atoms with Crippen molar-refractivity contribution in [3.05, 3.63) is 0 Å². The second kappa shape index (κ2) is 10.9. The van der Waals surface area contributed by atoms with Crippen molar-refractivity contribution in [2.24, 2.45) is 5.92 Å². The minimum atomic E-state index is 0.0694. The van der Waals surface area contributed by atoms with Crippen LogP contribution in [0, 0.1) is 5.92 Å². The van der Waals surface area contributed by atoms with E-state index in [9.17, 15) is 9.59 Å². The number of nitrogens with zero attached hydrogens (tertiary/aromatic N) is 3. The Bertz CT molecular complexity index is 463.